The van der Waals surface area contributed by atoms with Crippen LogP contribution < -0.4 is 15.7 Å². The monoisotopic (exact) mass is 695 g/mol. The minimum Gasteiger partial charge on any atom is -0.496 e. The maximum Gasteiger partial charge on any atom is 0.345 e. The van der Waals surface area contributed by atoms with Crippen LogP contribution in [0.2, 0.25) is 0 Å². The van der Waals surface area contributed by atoms with E-state index in [2.05, 4.69) is 173 Å². The van der Waals surface area contributed by atoms with Gasteiger partial charge in [-0.3, -0.25) is 0 Å². The average Bonchev–Trinajstić information content (AvgIpc) is 3.75. The number of methoxy groups -OCH3 is 1. The molecule has 54 heavy (non-hydrogen) atoms. The van der Waals surface area contributed by atoms with Crippen LogP contribution in [-0.4, -0.2) is 28.8 Å². The second-order valence-corrected chi connectivity index (χ2v) is 13.4. The standard InChI is InChI=1S/C49H38BN3O/c1-3-4-7-25-44(41-24-14-17-28-49(41)54-2)51-50(35-29-31-47-42(33-35)39-22-12-15-26-45(39)52(47)37-18-8-5-9-19-37)36-30-32-48-43(34-36)40-23-13-16-27-46(40)53(48)38-20-10-6-11-21-38/h3-34H,1-2H3/b4-3-,25-7-,51-44?. The Morgan fingerprint density at radius 2 is 1.00 bits per heavy atom. The molecular formula is C49H38BN3O. The highest BCUT2D eigenvalue weighted by atomic mass is 16.5. The van der Waals surface area contributed by atoms with Crippen LogP contribution in [0.25, 0.3) is 55.0 Å². The van der Waals surface area contributed by atoms with Crippen molar-refractivity contribution in [1.82, 2.24) is 9.13 Å². The molecular weight excluding hydrogens is 657 g/mol. The van der Waals surface area contributed by atoms with Gasteiger partial charge >= 0.3 is 6.85 Å². The lowest BCUT2D eigenvalue weighted by atomic mass is 9.51. The second-order valence-electron chi connectivity index (χ2n) is 13.4. The Bertz CT molecular complexity index is 2720. The number of aromatic nitrogens is 2. The van der Waals surface area contributed by atoms with Crippen LogP contribution in [-0.2, 0) is 0 Å². The molecule has 5 heteroatoms. The average molecular weight is 696 g/mol. The van der Waals surface area contributed by atoms with E-state index in [4.69, 9.17) is 9.64 Å². The van der Waals surface area contributed by atoms with Gasteiger partial charge in [-0.05, 0) is 84.6 Å². The molecule has 0 aliphatic heterocycles. The van der Waals surface area contributed by atoms with Crippen LogP contribution >= 0.6 is 0 Å². The van der Waals surface area contributed by atoms with E-state index in [1.165, 1.54) is 32.6 Å². The van der Waals surface area contributed by atoms with E-state index < -0.39 is 0 Å². The van der Waals surface area contributed by atoms with Crippen LogP contribution in [0.15, 0.2) is 199 Å². The van der Waals surface area contributed by atoms with Gasteiger partial charge in [0, 0.05) is 38.5 Å². The van der Waals surface area contributed by atoms with Gasteiger partial charge in [0.15, 0.2) is 0 Å². The van der Waals surface area contributed by atoms with E-state index in [1.807, 2.05) is 37.3 Å². The van der Waals surface area contributed by atoms with Crippen molar-refractivity contribution in [1.29, 1.82) is 0 Å². The summed E-state index contributed by atoms with van der Waals surface area (Å²) in [7, 11) is 1.72. The third-order valence-corrected chi connectivity index (χ3v) is 10.3. The molecule has 9 aromatic rings. The number of rotatable bonds is 9. The fraction of sp³-hybridized carbons (Fsp3) is 0.0408. The van der Waals surface area contributed by atoms with Crippen molar-refractivity contribution in [2.75, 3.05) is 7.11 Å². The number of para-hydroxylation sites is 5. The summed E-state index contributed by atoms with van der Waals surface area (Å²) in [4.78, 5) is 5.67. The molecule has 4 nitrogen and oxygen atoms in total. The van der Waals surface area contributed by atoms with E-state index in [0.717, 1.165) is 50.4 Å². The SMILES string of the molecule is C/C=C\C=C/C(=NB(c1ccc2c(c1)c1ccccc1n2-c1ccccc1)c1ccc2c(c1)c1ccccc1n2-c1ccccc1)c1ccccc1OC. The first kappa shape index (κ1) is 33.0. The number of ether oxygens (including phenoxy) is 1. The van der Waals surface area contributed by atoms with Crippen molar-refractivity contribution >= 4 is 67.1 Å². The summed E-state index contributed by atoms with van der Waals surface area (Å²) >= 11 is 0. The Balaban J connectivity index is 1.32. The molecule has 0 bridgehead atoms. The number of benzene rings is 7. The molecule has 2 heterocycles. The number of fused-ring (bicyclic) bond motifs is 6. The topological polar surface area (TPSA) is 31.4 Å². The van der Waals surface area contributed by atoms with E-state index in [-0.39, 0.29) is 6.85 Å². The predicted octanol–water partition coefficient (Wildman–Crippen LogP) is 10.6. The zero-order valence-corrected chi connectivity index (χ0v) is 30.3. The molecule has 0 atom stereocenters. The molecule has 258 valence electrons. The van der Waals surface area contributed by atoms with Gasteiger partial charge in [0.25, 0.3) is 0 Å². The highest BCUT2D eigenvalue weighted by molar-refractivity contribution is 6.85. The largest absolute Gasteiger partial charge is 0.496 e. The molecule has 0 saturated heterocycles. The van der Waals surface area contributed by atoms with E-state index >= 15 is 0 Å². The van der Waals surface area contributed by atoms with Crippen LogP contribution in [0, 0.1) is 0 Å². The van der Waals surface area contributed by atoms with Crippen molar-refractivity contribution in [3.05, 3.63) is 200 Å². The minimum absolute atomic E-state index is 0.327. The summed E-state index contributed by atoms with van der Waals surface area (Å²) in [5.74, 6) is 0.780. The Morgan fingerprint density at radius 1 is 0.519 bits per heavy atom. The first-order valence-electron chi connectivity index (χ1n) is 18.4. The molecule has 9 rings (SSSR count). The highest BCUT2D eigenvalue weighted by Crippen LogP contribution is 2.33. The van der Waals surface area contributed by atoms with Crippen molar-refractivity contribution in [3.8, 4) is 17.1 Å². The van der Waals surface area contributed by atoms with Gasteiger partial charge in [-0.15, -0.1) is 0 Å². The van der Waals surface area contributed by atoms with Crippen molar-refractivity contribution in [2.45, 2.75) is 6.92 Å². The normalized spacial score (nSPS) is 12.2. The Hall–Kier alpha value is -6.85. The lowest BCUT2D eigenvalue weighted by Gasteiger charge is -2.15. The van der Waals surface area contributed by atoms with E-state index in [1.54, 1.807) is 7.11 Å². The minimum atomic E-state index is -0.327. The van der Waals surface area contributed by atoms with Crippen LogP contribution in [0.4, 0.5) is 0 Å². The number of allylic oxidation sites excluding steroid dienone is 4. The molecule has 0 amide bonds. The van der Waals surface area contributed by atoms with Gasteiger partial charge in [0.05, 0.1) is 34.9 Å². The number of hydrogen-bond acceptors (Lipinski definition) is 2. The summed E-state index contributed by atoms with van der Waals surface area (Å²) in [5.41, 5.74) is 10.9. The predicted molar refractivity (Wildman–Crippen MR) is 230 cm³/mol. The Kier molecular flexibility index (Phi) is 8.74. The van der Waals surface area contributed by atoms with Crippen molar-refractivity contribution < 1.29 is 4.74 Å². The molecule has 0 saturated carbocycles. The second kappa shape index (κ2) is 14.3. The third-order valence-electron chi connectivity index (χ3n) is 10.3. The lowest BCUT2D eigenvalue weighted by molar-refractivity contribution is 0.414. The molecule has 0 aliphatic carbocycles. The third kappa shape index (κ3) is 5.80. The quantitative estimate of drug-likeness (QED) is 0.0840. The molecule has 0 radical (unpaired) electrons. The Morgan fingerprint density at radius 3 is 1.54 bits per heavy atom. The van der Waals surface area contributed by atoms with Gasteiger partial charge in [-0.25, -0.2) is 0 Å². The highest BCUT2D eigenvalue weighted by Gasteiger charge is 2.25. The van der Waals surface area contributed by atoms with Crippen molar-refractivity contribution in [3.63, 3.8) is 0 Å². The van der Waals surface area contributed by atoms with Gasteiger partial charge < -0.3 is 18.8 Å². The maximum absolute atomic E-state index is 5.89. The first-order valence-corrected chi connectivity index (χ1v) is 18.4. The summed E-state index contributed by atoms with van der Waals surface area (Å²) in [6, 6.07) is 60.4. The summed E-state index contributed by atoms with van der Waals surface area (Å²) < 4.78 is 10.6. The van der Waals surface area contributed by atoms with Crippen LogP contribution in [0.3, 0.4) is 0 Å². The fourth-order valence-corrected chi connectivity index (χ4v) is 7.83. The summed E-state index contributed by atoms with van der Waals surface area (Å²) in [6.07, 6.45) is 8.20. The van der Waals surface area contributed by atoms with Gasteiger partial charge in [0.2, 0.25) is 0 Å². The molecule has 0 aliphatic rings. The van der Waals surface area contributed by atoms with E-state index in [9.17, 15) is 0 Å². The van der Waals surface area contributed by atoms with Gasteiger partial charge in [-0.2, -0.15) is 0 Å². The molecule has 0 unspecified atom stereocenters. The Labute approximate surface area is 315 Å². The first-order chi connectivity index (χ1) is 26.7. The van der Waals surface area contributed by atoms with Gasteiger partial charge in [-0.1, -0.05) is 127 Å². The molecule has 0 N–H and O–H groups in total. The zero-order valence-electron chi connectivity index (χ0n) is 30.3. The van der Waals surface area contributed by atoms with Gasteiger partial charge in [0.1, 0.15) is 5.75 Å². The van der Waals surface area contributed by atoms with Crippen LogP contribution in [0.5, 0.6) is 5.75 Å². The van der Waals surface area contributed by atoms with Crippen LogP contribution in [0.1, 0.15) is 12.5 Å². The lowest BCUT2D eigenvalue weighted by Crippen LogP contribution is -2.41. The van der Waals surface area contributed by atoms with E-state index in [0.29, 0.717) is 0 Å². The number of nitrogens with zero attached hydrogens (tertiary/aromatic N) is 3. The molecule has 7 aromatic carbocycles. The summed E-state index contributed by atoms with van der Waals surface area (Å²) in [6.45, 7) is 1.70. The summed E-state index contributed by atoms with van der Waals surface area (Å²) in [5, 5.41) is 4.80. The molecule has 2 aromatic heterocycles. The number of hydrogen-bond donors (Lipinski definition) is 0. The smallest absolute Gasteiger partial charge is 0.345 e. The van der Waals surface area contributed by atoms with Crippen molar-refractivity contribution in [2.24, 2.45) is 4.90 Å². The molecule has 0 spiro atoms. The molecule has 0 fully saturated rings. The maximum atomic E-state index is 5.89. The fourth-order valence-electron chi connectivity index (χ4n) is 7.83. The zero-order chi connectivity index (χ0) is 36.4.